The molecule has 5 atom stereocenters. The topological polar surface area (TPSA) is 36.4 Å². The van der Waals surface area contributed by atoms with Gasteiger partial charge in [-0.05, 0) is 55.4 Å². The van der Waals surface area contributed by atoms with Gasteiger partial charge in [0.05, 0.1) is 11.6 Å². The third-order valence-electron chi connectivity index (χ3n) is 6.90. The molecular formula is C20H24N2O. The Morgan fingerprint density at radius 1 is 1.39 bits per heavy atom. The molecule has 5 rings (SSSR count). The zero-order valence-corrected chi connectivity index (χ0v) is 13.9. The van der Waals surface area contributed by atoms with E-state index >= 15 is 0 Å². The number of aliphatic hydroxyl groups excluding tert-OH is 1. The number of hydrogen-bond acceptors (Lipinski definition) is 3. The highest BCUT2D eigenvalue weighted by molar-refractivity contribution is 5.83. The zero-order chi connectivity index (χ0) is 15.8. The summed E-state index contributed by atoms with van der Waals surface area (Å²) in [5.74, 6) is 1.71. The smallest absolute Gasteiger partial charge is 0.0952 e. The summed E-state index contributed by atoms with van der Waals surface area (Å²) < 4.78 is 0. The highest BCUT2D eigenvalue weighted by Gasteiger charge is 2.76. The number of benzene rings is 1. The number of piperidine rings is 1. The molecule has 3 aliphatic rings. The summed E-state index contributed by atoms with van der Waals surface area (Å²) in [6.07, 6.45) is 5.24. The molecule has 2 saturated heterocycles. The first kappa shape index (κ1) is 13.9. The lowest BCUT2D eigenvalue weighted by molar-refractivity contribution is -0.0241. The van der Waals surface area contributed by atoms with E-state index < -0.39 is 6.10 Å². The molecule has 3 heterocycles. The van der Waals surface area contributed by atoms with Crippen molar-refractivity contribution in [2.24, 2.45) is 11.8 Å². The van der Waals surface area contributed by atoms with Gasteiger partial charge in [0.1, 0.15) is 0 Å². The van der Waals surface area contributed by atoms with Crippen molar-refractivity contribution in [2.45, 2.75) is 50.8 Å². The predicted octanol–water partition coefficient (Wildman–Crippen LogP) is 3.45. The van der Waals surface area contributed by atoms with Crippen molar-refractivity contribution < 1.29 is 5.11 Å². The van der Waals surface area contributed by atoms with Crippen LogP contribution in [0.15, 0.2) is 30.5 Å². The van der Waals surface area contributed by atoms with Crippen molar-refractivity contribution in [3.8, 4) is 0 Å². The largest absolute Gasteiger partial charge is 0.387 e. The molecule has 2 aliphatic heterocycles. The van der Waals surface area contributed by atoms with Crippen LogP contribution >= 0.6 is 0 Å². The van der Waals surface area contributed by atoms with Crippen molar-refractivity contribution in [3.05, 3.63) is 41.6 Å². The van der Waals surface area contributed by atoms with Crippen LogP contribution in [0, 0.1) is 18.8 Å². The summed E-state index contributed by atoms with van der Waals surface area (Å²) >= 11 is 0. The van der Waals surface area contributed by atoms with Gasteiger partial charge in [-0.25, -0.2) is 0 Å². The average Bonchev–Trinajstić information content (AvgIpc) is 3.15. The van der Waals surface area contributed by atoms with E-state index in [4.69, 9.17) is 0 Å². The summed E-state index contributed by atoms with van der Waals surface area (Å²) in [4.78, 5) is 7.09. The summed E-state index contributed by atoms with van der Waals surface area (Å²) in [7, 11) is 0. The van der Waals surface area contributed by atoms with E-state index in [-0.39, 0.29) is 0 Å². The van der Waals surface area contributed by atoms with E-state index in [1.165, 1.54) is 18.4 Å². The molecule has 1 spiro atoms. The van der Waals surface area contributed by atoms with Gasteiger partial charge in [0.2, 0.25) is 0 Å². The lowest BCUT2D eigenvalue weighted by Gasteiger charge is -2.46. The predicted molar refractivity (Wildman–Crippen MR) is 91.2 cm³/mol. The molecule has 0 amide bonds. The number of aromatic nitrogens is 1. The van der Waals surface area contributed by atoms with Crippen LogP contribution in [0.5, 0.6) is 0 Å². The monoisotopic (exact) mass is 308 g/mol. The summed E-state index contributed by atoms with van der Waals surface area (Å²) in [5.41, 5.74) is 3.74. The van der Waals surface area contributed by atoms with Gasteiger partial charge >= 0.3 is 0 Å². The number of hydrogen-bond donors (Lipinski definition) is 1. The van der Waals surface area contributed by atoms with E-state index in [0.717, 1.165) is 41.3 Å². The minimum Gasteiger partial charge on any atom is -0.387 e. The summed E-state index contributed by atoms with van der Waals surface area (Å²) in [6.45, 7) is 5.58. The first-order valence-electron chi connectivity index (χ1n) is 8.97. The zero-order valence-electron chi connectivity index (χ0n) is 13.9. The molecule has 3 fully saturated rings. The van der Waals surface area contributed by atoms with Gasteiger partial charge in [0, 0.05) is 29.7 Å². The van der Waals surface area contributed by atoms with Crippen molar-refractivity contribution >= 4 is 10.9 Å². The van der Waals surface area contributed by atoms with Crippen molar-refractivity contribution in [1.82, 2.24) is 9.88 Å². The van der Waals surface area contributed by atoms with Crippen molar-refractivity contribution in [3.63, 3.8) is 0 Å². The van der Waals surface area contributed by atoms with Gasteiger partial charge in [0.25, 0.3) is 0 Å². The van der Waals surface area contributed by atoms with Crippen LogP contribution < -0.4 is 0 Å². The molecule has 0 bridgehead atoms. The lowest BCUT2D eigenvalue weighted by Crippen LogP contribution is -2.55. The van der Waals surface area contributed by atoms with Crippen LogP contribution in [0.2, 0.25) is 0 Å². The molecule has 2 aromatic rings. The molecule has 3 heteroatoms. The van der Waals surface area contributed by atoms with E-state index in [1.54, 1.807) is 0 Å². The molecule has 1 N–H and O–H groups in total. The summed E-state index contributed by atoms with van der Waals surface area (Å²) in [5, 5.41) is 12.3. The number of rotatable bonds is 3. The first-order chi connectivity index (χ1) is 11.2. The quantitative estimate of drug-likeness (QED) is 0.943. The van der Waals surface area contributed by atoms with Gasteiger partial charge in [-0.2, -0.15) is 0 Å². The molecule has 3 nitrogen and oxygen atoms in total. The number of pyridine rings is 1. The van der Waals surface area contributed by atoms with Gasteiger partial charge in [-0.1, -0.05) is 25.0 Å². The molecule has 1 saturated carbocycles. The Labute approximate surface area is 137 Å². The number of nitrogens with zero attached hydrogens (tertiary/aromatic N) is 2. The van der Waals surface area contributed by atoms with E-state index in [2.05, 4.69) is 41.9 Å². The van der Waals surface area contributed by atoms with Crippen LogP contribution in [0.3, 0.4) is 0 Å². The molecule has 4 unspecified atom stereocenters. The second-order valence-corrected chi connectivity index (χ2v) is 7.72. The Balaban J connectivity index is 1.51. The van der Waals surface area contributed by atoms with Crippen LogP contribution in [0.25, 0.3) is 10.9 Å². The van der Waals surface area contributed by atoms with Crippen LogP contribution in [0.1, 0.15) is 43.4 Å². The van der Waals surface area contributed by atoms with Crippen LogP contribution in [-0.4, -0.2) is 33.1 Å². The van der Waals surface area contributed by atoms with Crippen LogP contribution in [0.4, 0.5) is 0 Å². The Morgan fingerprint density at radius 2 is 2.26 bits per heavy atom. The Kier molecular flexibility index (Phi) is 2.76. The number of fused-ring (bicyclic) bond motifs is 1. The van der Waals surface area contributed by atoms with Gasteiger partial charge < -0.3 is 5.11 Å². The second kappa shape index (κ2) is 4.55. The molecule has 23 heavy (non-hydrogen) atoms. The van der Waals surface area contributed by atoms with E-state index in [9.17, 15) is 5.11 Å². The standard InChI is InChI=1S/C20H24N2O/c1-3-15-16-11-18(22-9-7-20(15,16)22)19(23)13-6-8-21-17-5-4-12(2)10-14(13)17/h4-6,8,10,15-16,18-19,23H,3,7,9,11H2,1-2H3/t15?,16?,18-,19?,20?/m1/s1. The molecule has 1 aliphatic carbocycles. The lowest BCUT2D eigenvalue weighted by atomic mass is 9.90. The maximum atomic E-state index is 11.2. The normalized spacial score (nSPS) is 36.4. The third kappa shape index (κ3) is 1.65. The number of aliphatic hydroxyl groups is 1. The van der Waals surface area contributed by atoms with Crippen LogP contribution in [-0.2, 0) is 0 Å². The average molecular weight is 308 g/mol. The third-order valence-corrected chi connectivity index (χ3v) is 6.90. The fourth-order valence-electron chi connectivity index (χ4n) is 5.80. The highest BCUT2D eigenvalue weighted by Crippen LogP contribution is 2.71. The minimum atomic E-state index is -0.398. The second-order valence-electron chi connectivity index (χ2n) is 7.72. The van der Waals surface area contributed by atoms with Gasteiger partial charge in [-0.15, -0.1) is 0 Å². The Hall–Kier alpha value is -1.45. The molecule has 120 valence electrons. The highest BCUT2D eigenvalue weighted by atomic mass is 16.3. The molecular weight excluding hydrogens is 284 g/mol. The van der Waals surface area contributed by atoms with E-state index in [1.807, 2.05) is 12.3 Å². The Morgan fingerprint density at radius 3 is 2.96 bits per heavy atom. The number of aryl methyl sites for hydroxylation is 1. The summed E-state index contributed by atoms with van der Waals surface area (Å²) in [6, 6.07) is 8.62. The maximum Gasteiger partial charge on any atom is 0.0952 e. The van der Waals surface area contributed by atoms with Gasteiger partial charge in [-0.3, -0.25) is 9.88 Å². The molecule has 0 radical (unpaired) electrons. The molecule has 1 aromatic carbocycles. The fourth-order valence-corrected chi connectivity index (χ4v) is 5.80. The van der Waals surface area contributed by atoms with Crippen molar-refractivity contribution in [1.29, 1.82) is 0 Å². The van der Waals surface area contributed by atoms with E-state index in [0.29, 0.717) is 11.6 Å². The maximum absolute atomic E-state index is 11.2. The molecule has 1 aromatic heterocycles. The Bertz CT molecular complexity index is 788. The van der Waals surface area contributed by atoms with Gasteiger partial charge in [0.15, 0.2) is 0 Å². The first-order valence-corrected chi connectivity index (χ1v) is 8.97. The van der Waals surface area contributed by atoms with Crippen molar-refractivity contribution in [2.75, 3.05) is 6.54 Å². The SMILES string of the molecule is CCC1C2C[C@H](C(O)c3ccnc4ccc(C)cc34)N3CCC123. The fraction of sp³-hybridized carbons (Fsp3) is 0.550. The minimum absolute atomic E-state index is 0.294.